The van der Waals surface area contributed by atoms with Crippen LogP contribution in [0.15, 0.2) is 16.9 Å². The highest BCUT2D eigenvalue weighted by Crippen LogP contribution is 1.98. The van der Waals surface area contributed by atoms with Gasteiger partial charge < -0.3 is 14.7 Å². The van der Waals surface area contributed by atoms with Crippen LogP contribution in [0.4, 0.5) is 0 Å². The van der Waals surface area contributed by atoms with Crippen LogP contribution in [0.3, 0.4) is 0 Å². The third-order valence-corrected chi connectivity index (χ3v) is 3.00. The third-order valence-electron chi connectivity index (χ3n) is 3.00. The molecule has 1 N–H and O–H groups in total. The largest absolute Gasteiger partial charge is 0.364 e. The van der Waals surface area contributed by atoms with Crippen LogP contribution in [0.2, 0.25) is 0 Å². The van der Waals surface area contributed by atoms with Crippen molar-refractivity contribution < 1.29 is 4.52 Å². The maximum Gasteiger partial charge on any atom is 0.124 e. The monoisotopic (exact) mass is 224 g/mol. The molecule has 0 amide bonds. The third kappa shape index (κ3) is 3.59. The van der Waals surface area contributed by atoms with Gasteiger partial charge in [-0.25, -0.2) is 0 Å². The maximum absolute atomic E-state index is 4.77. The lowest BCUT2D eigenvalue weighted by atomic mass is 10.3. The summed E-state index contributed by atoms with van der Waals surface area (Å²) < 4.78 is 4.77. The summed E-state index contributed by atoms with van der Waals surface area (Å²) >= 11 is 0. The van der Waals surface area contributed by atoms with E-state index in [4.69, 9.17) is 4.52 Å². The second kappa shape index (κ2) is 5.98. The minimum atomic E-state index is 0.796. The molecule has 5 heteroatoms. The number of piperazine rings is 1. The number of nitrogens with zero attached hydrogens (tertiary/aromatic N) is 3. The zero-order valence-corrected chi connectivity index (χ0v) is 9.85. The molecular formula is C11H20N4O. The van der Waals surface area contributed by atoms with Crippen LogP contribution >= 0.6 is 0 Å². The molecule has 0 aliphatic carbocycles. The van der Waals surface area contributed by atoms with Gasteiger partial charge in [0.05, 0.1) is 5.69 Å². The molecule has 2 heterocycles. The zero-order chi connectivity index (χ0) is 11.2. The predicted molar refractivity (Wildman–Crippen MR) is 62.1 cm³/mol. The van der Waals surface area contributed by atoms with Crippen LogP contribution in [-0.2, 0) is 6.54 Å². The Kier molecular flexibility index (Phi) is 4.33. The first-order chi connectivity index (χ1) is 7.84. The van der Waals surface area contributed by atoms with Gasteiger partial charge >= 0.3 is 0 Å². The van der Waals surface area contributed by atoms with Crippen LogP contribution in [0.5, 0.6) is 0 Å². The molecule has 0 spiro atoms. The van der Waals surface area contributed by atoms with Gasteiger partial charge in [-0.15, -0.1) is 0 Å². The van der Waals surface area contributed by atoms with E-state index in [1.54, 1.807) is 6.26 Å². The quantitative estimate of drug-likeness (QED) is 0.714. The van der Waals surface area contributed by atoms with Crippen LogP contribution < -0.4 is 5.32 Å². The highest BCUT2D eigenvalue weighted by Gasteiger charge is 2.12. The first-order valence-electron chi connectivity index (χ1n) is 5.85. The molecule has 1 aliphatic rings. The molecule has 90 valence electrons. The van der Waals surface area contributed by atoms with Crippen molar-refractivity contribution in [2.75, 3.05) is 46.3 Å². The lowest BCUT2D eigenvalue weighted by molar-refractivity contribution is 0.154. The summed E-state index contributed by atoms with van der Waals surface area (Å²) in [6.45, 7) is 7.66. The standard InChI is InChI=1S/C11H20N4O/c1-14-5-7-15(8-6-14)4-3-12-10-11-2-9-16-13-11/h2,9,12H,3-8,10H2,1H3. The van der Waals surface area contributed by atoms with Crippen LogP contribution in [-0.4, -0.2) is 61.3 Å². The highest BCUT2D eigenvalue weighted by molar-refractivity contribution is 4.94. The summed E-state index contributed by atoms with van der Waals surface area (Å²) in [5.41, 5.74) is 0.971. The van der Waals surface area contributed by atoms with E-state index in [2.05, 4.69) is 27.3 Å². The van der Waals surface area contributed by atoms with Gasteiger partial charge in [-0.05, 0) is 7.05 Å². The van der Waals surface area contributed by atoms with Gasteiger partial charge in [-0.1, -0.05) is 5.16 Å². The first-order valence-corrected chi connectivity index (χ1v) is 5.85. The lowest BCUT2D eigenvalue weighted by Crippen LogP contribution is -2.46. The molecule has 0 unspecified atom stereocenters. The van der Waals surface area contributed by atoms with Crippen molar-refractivity contribution in [1.82, 2.24) is 20.3 Å². The second-order valence-corrected chi connectivity index (χ2v) is 4.31. The Morgan fingerprint density at radius 3 is 2.88 bits per heavy atom. The minimum absolute atomic E-state index is 0.796. The van der Waals surface area contributed by atoms with E-state index in [1.807, 2.05) is 6.07 Å². The van der Waals surface area contributed by atoms with Gasteiger partial charge in [0.1, 0.15) is 6.26 Å². The average Bonchev–Trinajstić information content (AvgIpc) is 2.80. The molecule has 0 bridgehead atoms. The van der Waals surface area contributed by atoms with Gasteiger partial charge in [-0.3, -0.25) is 4.90 Å². The number of nitrogens with one attached hydrogen (secondary N) is 1. The summed E-state index contributed by atoms with van der Waals surface area (Å²) in [7, 11) is 2.18. The van der Waals surface area contributed by atoms with Gasteiger partial charge in [-0.2, -0.15) is 0 Å². The molecule has 2 rings (SSSR count). The summed E-state index contributed by atoms with van der Waals surface area (Å²) in [5, 5.41) is 7.22. The summed E-state index contributed by atoms with van der Waals surface area (Å²) in [4.78, 5) is 4.87. The Bertz CT molecular complexity index is 280. The molecular weight excluding hydrogens is 204 g/mol. The molecule has 1 fully saturated rings. The smallest absolute Gasteiger partial charge is 0.124 e. The molecule has 0 saturated carbocycles. The van der Waals surface area contributed by atoms with Crippen molar-refractivity contribution in [3.8, 4) is 0 Å². The molecule has 0 radical (unpaired) electrons. The molecule has 1 aromatic heterocycles. The predicted octanol–water partition coefficient (Wildman–Crippen LogP) is 0.0116. The van der Waals surface area contributed by atoms with E-state index >= 15 is 0 Å². The Hall–Kier alpha value is -0.910. The zero-order valence-electron chi connectivity index (χ0n) is 9.85. The molecule has 1 aliphatic heterocycles. The number of likely N-dealkylation sites (N-methyl/N-ethyl adjacent to an activating group) is 1. The SMILES string of the molecule is CN1CCN(CCNCc2ccon2)CC1. The van der Waals surface area contributed by atoms with Crippen LogP contribution in [0, 0.1) is 0 Å². The lowest BCUT2D eigenvalue weighted by Gasteiger charge is -2.32. The second-order valence-electron chi connectivity index (χ2n) is 4.31. The summed E-state index contributed by atoms with van der Waals surface area (Å²) in [6.07, 6.45) is 1.61. The number of hydrogen-bond acceptors (Lipinski definition) is 5. The molecule has 5 nitrogen and oxygen atoms in total. The molecule has 1 aromatic rings. The minimum Gasteiger partial charge on any atom is -0.364 e. The van der Waals surface area contributed by atoms with Crippen molar-refractivity contribution in [1.29, 1.82) is 0 Å². The van der Waals surface area contributed by atoms with Gasteiger partial charge in [0.15, 0.2) is 0 Å². The van der Waals surface area contributed by atoms with Gasteiger partial charge in [0.25, 0.3) is 0 Å². The van der Waals surface area contributed by atoms with Crippen molar-refractivity contribution >= 4 is 0 Å². The number of hydrogen-bond donors (Lipinski definition) is 1. The number of rotatable bonds is 5. The van der Waals surface area contributed by atoms with Crippen molar-refractivity contribution in [3.63, 3.8) is 0 Å². The van der Waals surface area contributed by atoms with E-state index in [0.29, 0.717) is 0 Å². The van der Waals surface area contributed by atoms with Gasteiger partial charge in [0, 0.05) is 51.9 Å². The Labute approximate surface area is 96.4 Å². The number of aromatic nitrogens is 1. The van der Waals surface area contributed by atoms with Gasteiger partial charge in [0.2, 0.25) is 0 Å². The first kappa shape index (κ1) is 11.6. The normalized spacial score (nSPS) is 19.1. The van der Waals surface area contributed by atoms with E-state index in [1.165, 1.54) is 26.2 Å². The molecule has 0 aromatic carbocycles. The molecule has 1 saturated heterocycles. The Morgan fingerprint density at radius 1 is 1.38 bits per heavy atom. The summed E-state index contributed by atoms with van der Waals surface area (Å²) in [5.74, 6) is 0. The van der Waals surface area contributed by atoms with E-state index in [9.17, 15) is 0 Å². The fraction of sp³-hybridized carbons (Fsp3) is 0.727. The fourth-order valence-corrected chi connectivity index (χ4v) is 1.85. The van der Waals surface area contributed by atoms with Crippen LogP contribution in [0.1, 0.15) is 5.69 Å². The van der Waals surface area contributed by atoms with E-state index < -0.39 is 0 Å². The maximum atomic E-state index is 4.77. The fourth-order valence-electron chi connectivity index (χ4n) is 1.85. The van der Waals surface area contributed by atoms with Crippen LogP contribution in [0.25, 0.3) is 0 Å². The summed E-state index contributed by atoms with van der Waals surface area (Å²) in [6, 6.07) is 1.89. The molecule has 0 atom stereocenters. The van der Waals surface area contributed by atoms with E-state index in [-0.39, 0.29) is 0 Å². The Morgan fingerprint density at radius 2 is 2.19 bits per heavy atom. The Balaban J connectivity index is 1.55. The van der Waals surface area contributed by atoms with E-state index in [0.717, 1.165) is 25.3 Å². The topological polar surface area (TPSA) is 44.5 Å². The highest BCUT2D eigenvalue weighted by atomic mass is 16.5. The van der Waals surface area contributed by atoms with Crippen molar-refractivity contribution in [2.24, 2.45) is 0 Å². The average molecular weight is 224 g/mol. The van der Waals surface area contributed by atoms with Crippen molar-refractivity contribution in [3.05, 3.63) is 18.0 Å². The van der Waals surface area contributed by atoms with Crippen molar-refractivity contribution in [2.45, 2.75) is 6.54 Å². The molecule has 16 heavy (non-hydrogen) atoms.